The van der Waals surface area contributed by atoms with Crippen molar-refractivity contribution < 1.29 is 0 Å². The monoisotopic (exact) mass is 142 g/mol. The van der Waals surface area contributed by atoms with E-state index in [0.29, 0.717) is 0 Å². The Kier molecular flexibility index (Phi) is 4.99. The maximum Gasteiger partial charge on any atom is 0.0982 e. The van der Waals surface area contributed by atoms with Gasteiger partial charge in [-0.3, -0.25) is 4.99 Å². The van der Waals surface area contributed by atoms with Crippen molar-refractivity contribution in [3.63, 3.8) is 0 Å². The first kappa shape index (κ1) is 9.47. The molecule has 0 N–H and O–H groups in total. The fourth-order valence-electron chi connectivity index (χ4n) is 1.11. The first-order valence-electron chi connectivity index (χ1n) is 4.00. The van der Waals surface area contributed by atoms with Crippen LogP contribution in [0.2, 0.25) is 0 Å². The Morgan fingerprint density at radius 2 is 1.70 bits per heavy atom. The van der Waals surface area contributed by atoms with Crippen LogP contribution in [0.4, 0.5) is 0 Å². The molecular formula is C8H18N2. The molecule has 0 rings (SSSR count). The van der Waals surface area contributed by atoms with Crippen molar-refractivity contribution in [2.75, 3.05) is 20.1 Å². The van der Waals surface area contributed by atoms with Crippen LogP contribution in [0.1, 0.15) is 27.2 Å². The molecule has 0 aliphatic carbocycles. The molecule has 0 fully saturated rings. The molecule has 0 aromatic heterocycles. The first-order valence-corrected chi connectivity index (χ1v) is 4.00. The minimum absolute atomic E-state index is 1.04. The van der Waals surface area contributed by atoms with E-state index in [1.807, 2.05) is 7.05 Å². The predicted molar refractivity (Wildman–Crippen MR) is 46.6 cm³/mol. The van der Waals surface area contributed by atoms with E-state index >= 15 is 0 Å². The maximum absolute atomic E-state index is 4.19. The van der Waals surface area contributed by atoms with Gasteiger partial charge >= 0.3 is 0 Å². The number of aliphatic imine (C=N–C) groups is 1. The fraction of sp³-hybridized carbons (Fsp3) is 0.875. The summed E-state index contributed by atoms with van der Waals surface area (Å²) in [5.41, 5.74) is 0. The van der Waals surface area contributed by atoms with Gasteiger partial charge in [0.15, 0.2) is 0 Å². The van der Waals surface area contributed by atoms with E-state index in [4.69, 9.17) is 0 Å². The zero-order valence-electron chi connectivity index (χ0n) is 7.52. The molecule has 2 heteroatoms. The first-order chi connectivity index (χ1) is 4.79. The molecule has 0 atom stereocenters. The molecule has 60 valence electrons. The van der Waals surface area contributed by atoms with Crippen LogP contribution < -0.4 is 0 Å². The minimum Gasteiger partial charge on any atom is -0.361 e. The molecule has 0 heterocycles. The number of hydrogen-bond donors (Lipinski definition) is 0. The van der Waals surface area contributed by atoms with Crippen molar-refractivity contribution in [2.45, 2.75) is 27.2 Å². The maximum atomic E-state index is 4.19. The highest BCUT2D eigenvalue weighted by molar-refractivity contribution is 5.81. The summed E-state index contributed by atoms with van der Waals surface area (Å²) >= 11 is 0. The van der Waals surface area contributed by atoms with Crippen LogP contribution in [-0.4, -0.2) is 30.9 Å². The third-order valence-electron chi connectivity index (χ3n) is 1.70. The summed E-state index contributed by atoms with van der Waals surface area (Å²) in [6, 6.07) is 0. The topological polar surface area (TPSA) is 15.6 Å². The van der Waals surface area contributed by atoms with E-state index in [2.05, 4.69) is 30.7 Å². The van der Waals surface area contributed by atoms with Gasteiger partial charge in [-0.1, -0.05) is 6.92 Å². The molecule has 0 radical (unpaired) electrons. The highest BCUT2D eigenvalue weighted by Crippen LogP contribution is 1.94. The van der Waals surface area contributed by atoms with Crippen molar-refractivity contribution in [2.24, 2.45) is 4.99 Å². The van der Waals surface area contributed by atoms with Crippen molar-refractivity contribution in [1.82, 2.24) is 4.90 Å². The zero-order valence-corrected chi connectivity index (χ0v) is 7.52. The average Bonchev–Trinajstić information content (AvgIpc) is 2.00. The van der Waals surface area contributed by atoms with E-state index in [-0.39, 0.29) is 0 Å². The zero-order chi connectivity index (χ0) is 7.98. The van der Waals surface area contributed by atoms with Crippen molar-refractivity contribution in [3.8, 4) is 0 Å². The SMILES string of the molecule is CC/C(=N/C)N(CC)CC. The Labute approximate surface area is 63.9 Å². The highest BCUT2D eigenvalue weighted by Gasteiger charge is 2.01. The number of rotatable bonds is 3. The van der Waals surface area contributed by atoms with Crippen LogP contribution in [0.3, 0.4) is 0 Å². The summed E-state index contributed by atoms with van der Waals surface area (Å²) in [6.45, 7) is 8.59. The molecule has 0 amide bonds. The van der Waals surface area contributed by atoms with Crippen LogP contribution >= 0.6 is 0 Å². The minimum atomic E-state index is 1.04. The van der Waals surface area contributed by atoms with Crippen LogP contribution in [0.15, 0.2) is 4.99 Å². The van der Waals surface area contributed by atoms with Crippen molar-refractivity contribution in [1.29, 1.82) is 0 Å². The molecule has 2 nitrogen and oxygen atoms in total. The molecule has 10 heavy (non-hydrogen) atoms. The van der Waals surface area contributed by atoms with Crippen LogP contribution in [-0.2, 0) is 0 Å². The van der Waals surface area contributed by atoms with Crippen LogP contribution in [0.25, 0.3) is 0 Å². The predicted octanol–water partition coefficient (Wildman–Crippen LogP) is 1.77. The van der Waals surface area contributed by atoms with E-state index in [1.54, 1.807) is 0 Å². The van der Waals surface area contributed by atoms with Crippen molar-refractivity contribution in [3.05, 3.63) is 0 Å². The van der Waals surface area contributed by atoms with Gasteiger partial charge in [-0.05, 0) is 13.8 Å². The largest absolute Gasteiger partial charge is 0.361 e. The Morgan fingerprint density at radius 1 is 1.20 bits per heavy atom. The van der Waals surface area contributed by atoms with Crippen LogP contribution in [0.5, 0.6) is 0 Å². The van der Waals surface area contributed by atoms with E-state index in [0.717, 1.165) is 19.5 Å². The summed E-state index contributed by atoms with van der Waals surface area (Å²) in [4.78, 5) is 6.47. The summed E-state index contributed by atoms with van der Waals surface area (Å²) in [7, 11) is 1.86. The Morgan fingerprint density at radius 3 is 1.80 bits per heavy atom. The second-order valence-corrected chi connectivity index (χ2v) is 2.17. The lowest BCUT2D eigenvalue weighted by atomic mass is 10.3. The molecule has 0 saturated heterocycles. The molecule has 0 spiro atoms. The summed E-state index contributed by atoms with van der Waals surface area (Å²) in [6.07, 6.45) is 1.04. The third-order valence-corrected chi connectivity index (χ3v) is 1.70. The van der Waals surface area contributed by atoms with Gasteiger partial charge in [0.05, 0.1) is 5.84 Å². The van der Waals surface area contributed by atoms with E-state index < -0.39 is 0 Å². The van der Waals surface area contributed by atoms with Gasteiger partial charge in [0.25, 0.3) is 0 Å². The molecule has 0 unspecified atom stereocenters. The van der Waals surface area contributed by atoms with E-state index in [1.165, 1.54) is 5.84 Å². The number of amidine groups is 1. The standard InChI is InChI=1S/C8H18N2/c1-5-8(9-4)10(6-2)7-3/h5-7H2,1-4H3/b9-8-. The van der Waals surface area contributed by atoms with Gasteiger partial charge < -0.3 is 4.90 Å². The molecule has 0 aromatic carbocycles. The van der Waals surface area contributed by atoms with E-state index in [9.17, 15) is 0 Å². The molecule has 0 saturated carbocycles. The van der Waals surface area contributed by atoms with Gasteiger partial charge in [-0.15, -0.1) is 0 Å². The third kappa shape index (κ3) is 2.38. The lowest BCUT2D eigenvalue weighted by molar-refractivity contribution is 0.456. The van der Waals surface area contributed by atoms with Gasteiger partial charge in [0.2, 0.25) is 0 Å². The molecular weight excluding hydrogens is 124 g/mol. The smallest absolute Gasteiger partial charge is 0.0982 e. The van der Waals surface area contributed by atoms with Gasteiger partial charge in [-0.25, -0.2) is 0 Å². The number of nitrogens with zero attached hydrogens (tertiary/aromatic N) is 2. The summed E-state index contributed by atoms with van der Waals surface area (Å²) in [5, 5.41) is 0. The lowest BCUT2D eigenvalue weighted by Crippen LogP contribution is -2.29. The molecule has 0 aliphatic heterocycles. The summed E-state index contributed by atoms with van der Waals surface area (Å²) in [5.74, 6) is 1.21. The van der Waals surface area contributed by atoms with Gasteiger partial charge in [0.1, 0.15) is 0 Å². The normalized spacial score (nSPS) is 11.8. The Hall–Kier alpha value is -0.530. The van der Waals surface area contributed by atoms with Gasteiger partial charge in [-0.2, -0.15) is 0 Å². The summed E-state index contributed by atoms with van der Waals surface area (Å²) < 4.78 is 0. The molecule has 0 aliphatic rings. The lowest BCUT2D eigenvalue weighted by Gasteiger charge is -2.21. The van der Waals surface area contributed by atoms with Gasteiger partial charge in [0, 0.05) is 26.6 Å². The average molecular weight is 142 g/mol. The highest BCUT2D eigenvalue weighted by atomic mass is 15.2. The molecule has 0 aromatic rings. The van der Waals surface area contributed by atoms with Crippen molar-refractivity contribution >= 4 is 5.84 Å². The Bertz CT molecular complexity index is 104. The fourth-order valence-corrected chi connectivity index (χ4v) is 1.11. The quantitative estimate of drug-likeness (QED) is 0.433. The Balaban J connectivity index is 3.97. The number of hydrogen-bond acceptors (Lipinski definition) is 1. The second-order valence-electron chi connectivity index (χ2n) is 2.17. The molecule has 0 bridgehead atoms. The second kappa shape index (κ2) is 5.27. The van der Waals surface area contributed by atoms with Crippen LogP contribution in [0, 0.1) is 0 Å².